The van der Waals surface area contributed by atoms with Crippen LogP contribution in [-0.4, -0.2) is 29.6 Å². The van der Waals surface area contributed by atoms with E-state index in [0.29, 0.717) is 5.41 Å². The molecule has 1 aliphatic heterocycles. The first kappa shape index (κ1) is 16.1. The first-order valence-corrected chi connectivity index (χ1v) is 8.33. The van der Waals surface area contributed by atoms with Gasteiger partial charge in [0.2, 0.25) is 0 Å². The van der Waals surface area contributed by atoms with Crippen LogP contribution in [-0.2, 0) is 6.42 Å². The van der Waals surface area contributed by atoms with Crippen molar-refractivity contribution in [1.29, 1.82) is 0 Å². The number of aromatic nitrogens is 2. The largest absolute Gasteiger partial charge is 0.370 e. The third kappa shape index (κ3) is 3.86. The number of anilines is 2. The molecule has 0 unspecified atom stereocenters. The molecular weight excluding hydrogens is 260 g/mol. The molecule has 1 aromatic heterocycles. The average molecular weight is 290 g/mol. The summed E-state index contributed by atoms with van der Waals surface area (Å²) in [5, 5.41) is 3.47. The van der Waals surface area contributed by atoms with E-state index >= 15 is 0 Å². The highest BCUT2D eigenvalue weighted by molar-refractivity contribution is 5.59. The Kier molecular flexibility index (Phi) is 5.07. The number of nitrogens with one attached hydrogen (secondary N) is 1. The minimum absolute atomic E-state index is 0.388. The maximum absolute atomic E-state index is 4.85. The second kappa shape index (κ2) is 6.63. The number of hydrogen-bond donors (Lipinski definition) is 1. The Hall–Kier alpha value is -1.32. The standard InChI is InChI=1S/C17H30N4/c1-6-8-14-19-15(18-10-7-2)13(3)16(20-14)21-11-9-17(4,5)12-21/h6-12H2,1-5H3,(H,18,19,20). The third-order valence-corrected chi connectivity index (χ3v) is 4.16. The van der Waals surface area contributed by atoms with Crippen molar-refractivity contribution in [2.75, 3.05) is 29.9 Å². The lowest BCUT2D eigenvalue weighted by Gasteiger charge is -2.24. The van der Waals surface area contributed by atoms with Gasteiger partial charge in [0.25, 0.3) is 0 Å². The van der Waals surface area contributed by atoms with Crippen LogP contribution >= 0.6 is 0 Å². The maximum Gasteiger partial charge on any atom is 0.137 e. The number of nitrogens with zero attached hydrogens (tertiary/aromatic N) is 3. The van der Waals surface area contributed by atoms with Crippen molar-refractivity contribution in [3.63, 3.8) is 0 Å². The Bertz CT molecular complexity index is 482. The number of rotatable bonds is 6. The monoisotopic (exact) mass is 290 g/mol. The van der Waals surface area contributed by atoms with Gasteiger partial charge in [-0.05, 0) is 31.6 Å². The smallest absolute Gasteiger partial charge is 0.137 e. The van der Waals surface area contributed by atoms with E-state index in [1.165, 1.54) is 12.0 Å². The molecule has 1 aromatic rings. The minimum atomic E-state index is 0.388. The molecule has 21 heavy (non-hydrogen) atoms. The van der Waals surface area contributed by atoms with E-state index in [0.717, 1.165) is 56.4 Å². The van der Waals surface area contributed by atoms with Crippen LogP contribution in [0.1, 0.15) is 58.3 Å². The van der Waals surface area contributed by atoms with E-state index in [-0.39, 0.29) is 0 Å². The van der Waals surface area contributed by atoms with Crippen molar-refractivity contribution < 1.29 is 0 Å². The van der Waals surface area contributed by atoms with Crippen molar-refractivity contribution in [2.45, 2.75) is 60.3 Å². The summed E-state index contributed by atoms with van der Waals surface area (Å²) in [6.45, 7) is 14.3. The summed E-state index contributed by atoms with van der Waals surface area (Å²) in [7, 11) is 0. The summed E-state index contributed by atoms with van der Waals surface area (Å²) in [6, 6.07) is 0. The summed E-state index contributed by atoms with van der Waals surface area (Å²) < 4.78 is 0. The van der Waals surface area contributed by atoms with Crippen LogP contribution < -0.4 is 10.2 Å². The van der Waals surface area contributed by atoms with E-state index in [1.54, 1.807) is 0 Å². The lowest BCUT2D eigenvalue weighted by molar-refractivity contribution is 0.418. The van der Waals surface area contributed by atoms with Crippen LogP contribution in [0.3, 0.4) is 0 Å². The number of aryl methyl sites for hydroxylation is 1. The van der Waals surface area contributed by atoms with E-state index < -0.39 is 0 Å². The van der Waals surface area contributed by atoms with Gasteiger partial charge in [-0.2, -0.15) is 0 Å². The molecule has 0 atom stereocenters. The second-order valence-electron chi connectivity index (χ2n) is 6.95. The molecule has 0 aromatic carbocycles. The van der Waals surface area contributed by atoms with Gasteiger partial charge < -0.3 is 10.2 Å². The summed E-state index contributed by atoms with van der Waals surface area (Å²) in [4.78, 5) is 12.0. The fourth-order valence-electron chi connectivity index (χ4n) is 2.90. The van der Waals surface area contributed by atoms with Crippen molar-refractivity contribution in [3.05, 3.63) is 11.4 Å². The quantitative estimate of drug-likeness (QED) is 0.865. The molecule has 0 saturated carbocycles. The lowest BCUT2D eigenvalue weighted by Crippen LogP contribution is -2.25. The van der Waals surface area contributed by atoms with Gasteiger partial charge >= 0.3 is 0 Å². The van der Waals surface area contributed by atoms with Crippen LogP contribution in [0.4, 0.5) is 11.6 Å². The molecule has 0 bridgehead atoms. The van der Waals surface area contributed by atoms with E-state index in [4.69, 9.17) is 9.97 Å². The van der Waals surface area contributed by atoms with Gasteiger partial charge in [-0.1, -0.05) is 27.7 Å². The van der Waals surface area contributed by atoms with Crippen LogP contribution in [0.5, 0.6) is 0 Å². The second-order valence-corrected chi connectivity index (χ2v) is 6.95. The summed E-state index contributed by atoms with van der Waals surface area (Å²) in [5.74, 6) is 3.13. The molecule has 4 heteroatoms. The molecule has 1 N–H and O–H groups in total. The predicted molar refractivity (Wildman–Crippen MR) is 90.2 cm³/mol. The molecule has 2 heterocycles. The van der Waals surface area contributed by atoms with Crippen molar-refractivity contribution >= 4 is 11.6 Å². The summed E-state index contributed by atoms with van der Waals surface area (Å²) in [5.41, 5.74) is 1.58. The Morgan fingerprint density at radius 2 is 1.95 bits per heavy atom. The first-order valence-electron chi connectivity index (χ1n) is 8.33. The first-order chi connectivity index (χ1) is 9.96. The van der Waals surface area contributed by atoms with Gasteiger partial charge in [0, 0.05) is 31.6 Å². The Morgan fingerprint density at radius 1 is 1.19 bits per heavy atom. The molecule has 1 saturated heterocycles. The molecule has 0 spiro atoms. The number of hydrogen-bond acceptors (Lipinski definition) is 4. The zero-order chi connectivity index (χ0) is 15.5. The van der Waals surface area contributed by atoms with Gasteiger partial charge in [0.15, 0.2) is 0 Å². The highest BCUT2D eigenvalue weighted by Crippen LogP contribution is 2.34. The van der Waals surface area contributed by atoms with Crippen LogP contribution in [0.2, 0.25) is 0 Å². The lowest BCUT2D eigenvalue weighted by atomic mass is 9.93. The van der Waals surface area contributed by atoms with Crippen molar-refractivity contribution in [2.24, 2.45) is 5.41 Å². The molecule has 1 fully saturated rings. The van der Waals surface area contributed by atoms with E-state index in [1.807, 2.05) is 0 Å². The van der Waals surface area contributed by atoms with Gasteiger partial charge in [-0.15, -0.1) is 0 Å². The van der Waals surface area contributed by atoms with E-state index in [9.17, 15) is 0 Å². The molecule has 0 radical (unpaired) electrons. The van der Waals surface area contributed by atoms with Gasteiger partial charge in [-0.3, -0.25) is 0 Å². The third-order valence-electron chi connectivity index (χ3n) is 4.16. The van der Waals surface area contributed by atoms with Crippen LogP contribution in [0.15, 0.2) is 0 Å². The fourth-order valence-corrected chi connectivity index (χ4v) is 2.90. The molecular formula is C17H30N4. The van der Waals surface area contributed by atoms with Crippen LogP contribution in [0, 0.1) is 12.3 Å². The summed E-state index contributed by atoms with van der Waals surface area (Å²) >= 11 is 0. The van der Waals surface area contributed by atoms with Gasteiger partial charge in [0.05, 0.1) is 0 Å². The zero-order valence-electron chi connectivity index (χ0n) is 14.3. The fraction of sp³-hybridized carbons (Fsp3) is 0.765. The molecule has 1 aliphatic rings. The highest BCUT2D eigenvalue weighted by Gasteiger charge is 2.31. The van der Waals surface area contributed by atoms with E-state index in [2.05, 4.69) is 44.8 Å². The van der Waals surface area contributed by atoms with Crippen molar-refractivity contribution in [1.82, 2.24) is 9.97 Å². The topological polar surface area (TPSA) is 41.1 Å². The molecule has 0 aliphatic carbocycles. The molecule has 4 nitrogen and oxygen atoms in total. The van der Waals surface area contributed by atoms with Crippen molar-refractivity contribution in [3.8, 4) is 0 Å². The Morgan fingerprint density at radius 3 is 2.52 bits per heavy atom. The molecule has 0 amide bonds. The van der Waals surface area contributed by atoms with Crippen LogP contribution in [0.25, 0.3) is 0 Å². The Labute approximate surface area is 129 Å². The predicted octanol–water partition coefficient (Wildman–Crippen LogP) is 3.80. The normalized spacial score (nSPS) is 17.3. The van der Waals surface area contributed by atoms with Gasteiger partial charge in [-0.25, -0.2) is 9.97 Å². The highest BCUT2D eigenvalue weighted by atomic mass is 15.2. The SMILES string of the molecule is CCCNc1nc(CCC)nc(N2CCC(C)(C)C2)c1C. The van der Waals surface area contributed by atoms with Gasteiger partial charge in [0.1, 0.15) is 17.5 Å². The molecule has 2 rings (SSSR count). The summed E-state index contributed by atoms with van der Waals surface area (Å²) in [6.07, 6.45) is 4.38. The molecule has 118 valence electrons. The zero-order valence-corrected chi connectivity index (χ0v) is 14.3. The maximum atomic E-state index is 4.85. The minimum Gasteiger partial charge on any atom is -0.370 e. The average Bonchev–Trinajstić information content (AvgIpc) is 2.79. The Balaban J connectivity index is 2.32.